The van der Waals surface area contributed by atoms with Gasteiger partial charge in [-0.3, -0.25) is 0 Å². The Kier molecular flexibility index (Phi) is 4.16. The second-order valence-electron chi connectivity index (χ2n) is 5.37. The predicted octanol–water partition coefficient (Wildman–Crippen LogP) is 3.16. The van der Waals surface area contributed by atoms with E-state index in [1.54, 1.807) is 0 Å². The SMILES string of the molecule is CCC(C)(C[Si](C)(C)O)C1=CC=CC=CN1. The molecule has 0 radical (unpaired) electrons. The Morgan fingerprint density at radius 1 is 1.31 bits per heavy atom. The summed E-state index contributed by atoms with van der Waals surface area (Å²) in [6.07, 6.45) is 11.1. The molecule has 0 saturated carbocycles. The van der Waals surface area contributed by atoms with Crippen LogP contribution < -0.4 is 5.32 Å². The van der Waals surface area contributed by atoms with Crippen molar-refractivity contribution in [1.29, 1.82) is 0 Å². The molecular formula is C13H23NOSi. The van der Waals surface area contributed by atoms with Gasteiger partial charge >= 0.3 is 0 Å². The minimum absolute atomic E-state index is 0.0451. The number of nitrogens with one attached hydrogen (secondary N) is 1. The standard InChI is InChI=1S/C13H23NOSi/c1-5-13(2,11-16(3,4)15)12-9-7-6-8-10-14-12/h6-10,14-15H,5,11H2,1-4H3. The molecule has 16 heavy (non-hydrogen) atoms. The van der Waals surface area contributed by atoms with Crippen LogP contribution >= 0.6 is 0 Å². The van der Waals surface area contributed by atoms with Crippen LogP contribution in [0, 0.1) is 5.41 Å². The van der Waals surface area contributed by atoms with Gasteiger partial charge in [-0.25, -0.2) is 0 Å². The van der Waals surface area contributed by atoms with Gasteiger partial charge in [-0.05, 0) is 37.7 Å². The van der Waals surface area contributed by atoms with E-state index in [0.29, 0.717) is 0 Å². The predicted molar refractivity (Wildman–Crippen MR) is 72.4 cm³/mol. The van der Waals surface area contributed by atoms with Crippen LogP contribution in [0.2, 0.25) is 19.1 Å². The molecule has 2 nitrogen and oxygen atoms in total. The molecule has 0 aromatic carbocycles. The van der Waals surface area contributed by atoms with E-state index in [-0.39, 0.29) is 5.41 Å². The van der Waals surface area contributed by atoms with Crippen molar-refractivity contribution in [1.82, 2.24) is 5.32 Å². The zero-order valence-electron chi connectivity index (χ0n) is 10.7. The van der Waals surface area contributed by atoms with Gasteiger partial charge in [0, 0.05) is 17.3 Å². The number of rotatable bonds is 4. The highest BCUT2D eigenvalue weighted by Crippen LogP contribution is 2.37. The summed E-state index contributed by atoms with van der Waals surface area (Å²) in [5, 5.41) is 3.32. The van der Waals surface area contributed by atoms with Gasteiger partial charge in [-0.2, -0.15) is 0 Å². The molecule has 1 unspecified atom stereocenters. The van der Waals surface area contributed by atoms with E-state index in [2.05, 4.69) is 25.2 Å². The van der Waals surface area contributed by atoms with E-state index in [1.807, 2.05) is 37.5 Å². The summed E-state index contributed by atoms with van der Waals surface area (Å²) in [6, 6.07) is 0.886. The second kappa shape index (κ2) is 5.02. The highest BCUT2D eigenvalue weighted by atomic mass is 28.4. The third-order valence-corrected chi connectivity index (χ3v) is 4.72. The van der Waals surface area contributed by atoms with E-state index < -0.39 is 8.32 Å². The average Bonchev–Trinajstić information content (AvgIpc) is 2.43. The summed E-state index contributed by atoms with van der Waals surface area (Å²) in [5.74, 6) is 0. The van der Waals surface area contributed by atoms with Gasteiger partial charge in [-0.15, -0.1) is 0 Å². The van der Waals surface area contributed by atoms with Crippen molar-refractivity contribution in [3.05, 3.63) is 36.2 Å². The molecule has 0 bridgehead atoms. The lowest BCUT2D eigenvalue weighted by atomic mass is 9.85. The largest absolute Gasteiger partial charge is 0.432 e. The Morgan fingerprint density at radius 2 is 2.00 bits per heavy atom. The Morgan fingerprint density at radius 3 is 2.56 bits per heavy atom. The summed E-state index contributed by atoms with van der Waals surface area (Å²) < 4.78 is 0. The van der Waals surface area contributed by atoms with E-state index >= 15 is 0 Å². The molecule has 0 amide bonds. The molecule has 0 aliphatic carbocycles. The molecule has 1 atom stereocenters. The van der Waals surface area contributed by atoms with Gasteiger partial charge in [0.05, 0.1) is 0 Å². The summed E-state index contributed by atoms with van der Waals surface area (Å²) in [4.78, 5) is 10.1. The van der Waals surface area contributed by atoms with Crippen LogP contribution in [0.3, 0.4) is 0 Å². The quantitative estimate of drug-likeness (QED) is 0.736. The van der Waals surface area contributed by atoms with Gasteiger partial charge < -0.3 is 10.1 Å². The van der Waals surface area contributed by atoms with Crippen LogP contribution in [0.4, 0.5) is 0 Å². The van der Waals surface area contributed by atoms with Gasteiger partial charge in [0.1, 0.15) is 0 Å². The molecule has 1 aliphatic heterocycles. The number of hydrogen-bond donors (Lipinski definition) is 2. The molecule has 0 spiro atoms. The van der Waals surface area contributed by atoms with Crippen LogP contribution in [0.15, 0.2) is 36.2 Å². The summed E-state index contributed by atoms with van der Waals surface area (Å²) in [6.45, 7) is 8.42. The third kappa shape index (κ3) is 3.65. The van der Waals surface area contributed by atoms with Gasteiger partial charge in [0.2, 0.25) is 0 Å². The van der Waals surface area contributed by atoms with Crippen molar-refractivity contribution < 1.29 is 4.80 Å². The number of hydrogen-bond acceptors (Lipinski definition) is 2. The normalized spacial score (nSPS) is 19.7. The maximum absolute atomic E-state index is 10.1. The fraction of sp³-hybridized carbons (Fsp3) is 0.538. The number of allylic oxidation sites excluding steroid dienone is 5. The van der Waals surface area contributed by atoms with Crippen molar-refractivity contribution >= 4 is 8.32 Å². The van der Waals surface area contributed by atoms with Crippen molar-refractivity contribution in [2.24, 2.45) is 5.41 Å². The first-order chi connectivity index (χ1) is 7.37. The fourth-order valence-corrected chi connectivity index (χ4v) is 4.55. The Bertz CT molecular complexity index is 325. The fourth-order valence-electron chi connectivity index (χ4n) is 2.20. The minimum atomic E-state index is -2.04. The summed E-state index contributed by atoms with van der Waals surface area (Å²) in [5.41, 5.74) is 1.25. The molecule has 1 heterocycles. The summed E-state index contributed by atoms with van der Waals surface area (Å²) >= 11 is 0. The first-order valence-electron chi connectivity index (χ1n) is 5.90. The van der Waals surface area contributed by atoms with Crippen molar-refractivity contribution in [3.8, 4) is 0 Å². The zero-order valence-corrected chi connectivity index (χ0v) is 11.7. The van der Waals surface area contributed by atoms with Gasteiger partial charge in [0.15, 0.2) is 8.32 Å². The van der Waals surface area contributed by atoms with E-state index in [0.717, 1.165) is 12.5 Å². The molecule has 1 rings (SSSR count). The van der Waals surface area contributed by atoms with E-state index in [1.165, 1.54) is 5.70 Å². The highest BCUT2D eigenvalue weighted by Gasteiger charge is 2.34. The first kappa shape index (κ1) is 13.3. The van der Waals surface area contributed by atoms with Crippen molar-refractivity contribution in [3.63, 3.8) is 0 Å². The van der Waals surface area contributed by atoms with Gasteiger partial charge in [-0.1, -0.05) is 26.0 Å². The van der Waals surface area contributed by atoms with E-state index in [4.69, 9.17) is 0 Å². The molecule has 0 fully saturated rings. The minimum Gasteiger partial charge on any atom is -0.432 e. The lowest BCUT2D eigenvalue weighted by Crippen LogP contribution is -2.37. The Labute approximate surface area is 99.9 Å². The first-order valence-corrected chi connectivity index (χ1v) is 9.06. The molecule has 3 heteroatoms. The molecule has 0 aromatic rings. The molecule has 0 aromatic heterocycles. The van der Waals surface area contributed by atoms with Crippen LogP contribution in [-0.2, 0) is 0 Å². The van der Waals surface area contributed by atoms with Crippen LogP contribution in [-0.4, -0.2) is 13.1 Å². The highest BCUT2D eigenvalue weighted by molar-refractivity contribution is 6.70. The van der Waals surface area contributed by atoms with Crippen molar-refractivity contribution in [2.45, 2.75) is 39.4 Å². The molecule has 0 saturated heterocycles. The van der Waals surface area contributed by atoms with Gasteiger partial charge in [0.25, 0.3) is 0 Å². The second-order valence-corrected chi connectivity index (χ2v) is 9.35. The molecule has 2 N–H and O–H groups in total. The molecule has 1 aliphatic rings. The lowest BCUT2D eigenvalue weighted by molar-refractivity contribution is 0.382. The van der Waals surface area contributed by atoms with Crippen molar-refractivity contribution in [2.75, 3.05) is 0 Å². The maximum Gasteiger partial charge on any atom is 0.183 e. The Hall–Kier alpha value is -0.803. The Balaban J connectivity index is 2.91. The average molecular weight is 237 g/mol. The topological polar surface area (TPSA) is 32.3 Å². The lowest BCUT2D eigenvalue weighted by Gasteiger charge is -2.35. The smallest absolute Gasteiger partial charge is 0.183 e. The maximum atomic E-state index is 10.1. The third-order valence-electron chi connectivity index (χ3n) is 3.07. The van der Waals surface area contributed by atoms with Crippen LogP contribution in [0.1, 0.15) is 20.3 Å². The zero-order chi connectivity index (χ0) is 12.2. The monoisotopic (exact) mass is 237 g/mol. The molecule has 90 valence electrons. The molecular weight excluding hydrogens is 214 g/mol. The summed E-state index contributed by atoms with van der Waals surface area (Å²) in [7, 11) is -2.04. The van der Waals surface area contributed by atoms with Crippen LogP contribution in [0.25, 0.3) is 0 Å². The van der Waals surface area contributed by atoms with E-state index in [9.17, 15) is 4.80 Å². The van der Waals surface area contributed by atoms with Crippen LogP contribution in [0.5, 0.6) is 0 Å².